The summed E-state index contributed by atoms with van der Waals surface area (Å²) in [6.45, 7) is 2.25. The predicted octanol–water partition coefficient (Wildman–Crippen LogP) is 2.85. The molecule has 0 spiro atoms. The summed E-state index contributed by atoms with van der Waals surface area (Å²) in [5.74, 6) is 0.0768. The van der Waals surface area contributed by atoms with Crippen LogP contribution in [0, 0.1) is 0 Å². The molecular formula is C22H23N7O3S. The van der Waals surface area contributed by atoms with Crippen molar-refractivity contribution in [1.82, 2.24) is 30.5 Å². The number of imide groups is 1. The van der Waals surface area contributed by atoms with Crippen LogP contribution in [0.1, 0.15) is 31.0 Å². The third-order valence-corrected chi connectivity index (χ3v) is 6.31. The highest BCUT2D eigenvalue weighted by atomic mass is 32.2. The Bertz CT molecular complexity index is 1120. The summed E-state index contributed by atoms with van der Waals surface area (Å²) in [5, 5.41) is 15.8. The van der Waals surface area contributed by atoms with Gasteiger partial charge in [0.25, 0.3) is 5.24 Å². The molecule has 1 aliphatic rings. The maximum absolute atomic E-state index is 12.7. The van der Waals surface area contributed by atoms with Crippen LogP contribution in [0.3, 0.4) is 0 Å². The average Bonchev–Trinajstić information content (AvgIpc) is 3.45. The first-order valence-corrected chi connectivity index (χ1v) is 11.5. The van der Waals surface area contributed by atoms with Crippen LogP contribution in [0.2, 0.25) is 0 Å². The molecule has 4 rings (SSSR count). The van der Waals surface area contributed by atoms with Crippen LogP contribution in [0.15, 0.2) is 42.6 Å². The predicted molar refractivity (Wildman–Crippen MR) is 123 cm³/mol. The van der Waals surface area contributed by atoms with Crippen molar-refractivity contribution in [3.63, 3.8) is 0 Å². The summed E-state index contributed by atoms with van der Waals surface area (Å²) in [7, 11) is 0. The highest BCUT2D eigenvalue weighted by molar-refractivity contribution is 8.15. The highest BCUT2D eigenvalue weighted by Gasteiger charge is 2.39. The lowest BCUT2D eigenvalue weighted by molar-refractivity contribution is -0.127. The number of H-pyrrole nitrogens is 1. The maximum Gasteiger partial charge on any atom is 0.289 e. The highest BCUT2D eigenvalue weighted by Crippen LogP contribution is 2.29. The van der Waals surface area contributed by atoms with Gasteiger partial charge in [0.2, 0.25) is 17.6 Å². The largest absolute Gasteiger partial charge is 0.326 e. The van der Waals surface area contributed by atoms with Gasteiger partial charge in [0, 0.05) is 36.1 Å². The van der Waals surface area contributed by atoms with Crippen LogP contribution >= 0.6 is 11.8 Å². The van der Waals surface area contributed by atoms with Gasteiger partial charge in [-0.05, 0) is 60.4 Å². The quantitative estimate of drug-likeness (QED) is 0.493. The number of nitrogens with one attached hydrogen (secondary N) is 2. The van der Waals surface area contributed by atoms with Crippen molar-refractivity contribution < 1.29 is 14.4 Å². The Morgan fingerprint density at radius 1 is 1.18 bits per heavy atom. The van der Waals surface area contributed by atoms with Gasteiger partial charge in [-0.1, -0.05) is 24.8 Å². The van der Waals surface area contributed by atoms with Crippen LogP contribution in [0.25, 0.3) is 11.4 Å². The number of carbonyl (C=O) groups excluding carboxylic acids is 3. The molecule has 1 aliphatic heterocycles. The van der Waals surface area contributed by atoms with E-state index < -0.39 is 5.25 Å². The van der Waals surface area contributed by atoms with Crippen LogP contribution in [-0.4, -0.2) is 59.4 Å². The molecule has 3 amide bonds. The molecule has 0 radical (unpaired) electrons. The third kappa shape index (κ3) is 5.61. The van der Waals surface area contributed by atoms with Gasteiger partial charge in [0.1, 0.15) is 0 Å². The van der Waals surface area contributed by atoms with E-state index in [0.29, 0.717) is 24.4 Å². The normalized spacial score (nSPS) is 15.8. The van der Waals surface area contributed by atoms with Crippen molar-refractivity contribution in [3.05, 3.63) is 53.9 Å². The number of hydrogen-bond donors (Lipinski definition) is 2. The minimum absolute atomic E-state index is 0.187. The number of nitrogens with zero attached hydrogens (tertiary/aromatic N) is 5. The number of carbonyl (C=O) groups is 3. The fourth-order valence-corrected chi connectivity index (χ4v) is 4.49. The van der Waals surface area contributed by atoms with Crippen molar-refractivity contribution in [2.75, 3.05) is 11.9 Å². The Morgan fingerprint density at radius 3 is 2.67 bits per heavy atom. The first kappa shape index (κ1) is 22.6. The number of hydrogen-bond acceptors (Lipinski definition) is 8. The van der Waals surface area contributed by atoms with Crippen LogP contribution in [-0.2, 0) is 22.4 Å². The molecule has 170 valence electrons. The monoisotopic (exact) mass is 465 g/mol. The van der Waals surface area contributed by atoms with Crippen LogP contribution < -0.4 is 5.32 Å². The zero-order valence-corrected chi connectivity index (χ0v) is 18.8. The molecule has 1 saturated heterocycles. The van der Waals surface area contributed by atoms with E-state index in [2.05, 4.69) is 30.9 Å². The van der Waals surface area contributed by atoms with Gasteiger partial charge in [-0.2, -0.15) is 5.21 Å². The van der Waals surface area contributed by atoms with Crippen molar-refractivity contribution in [2.45, 2.75) is 37.9 Å². The second-order valence-electron chi connectivity index (χ2n) is 7.54. The third-order valence-electron chi connectivity index (χ3n) is 5.23. The number of benzene rings is 1. The molecule has 0 aliphatic carbocycles. The molecule has 1 unspecified atom stereocenters. The van der Waals surface area contributed by atoms with Gasteiger partial charge in [0.05, 0.1) is 5.25 Å². The molecule has 2 N–H and O–H groups in total. The van der Waals surface area contributed by atoms with E-state index in [4.69, 9.17) is 0 Å². The fourth-order valence-electron chi connectivity index (χ4n) is 3.44. The first-order chi connectivity index (χ1) is 16.0. The van der Waals surface area contributed by atoms with E-state index in [0.717, 1.165) is 35.0 Å². The van der Waals surface area contributed by atoms with Gasteiger partial charge in [-0.3, -0.25) is 24.3 Å². The van der Waals surface area contributed by atoms with E-state index >= 15 is 0 Å². The van der Waals surface area contributed by atoms with Gasteiger partial charge in [-0.15, -0.1) is 10.2 Å². The molecule has 3 aromatic rings. The lowest BCUT2D eigenvalue weighted by atomic mass is 10.1. The standard InChI is InChI=1S/C22H23N7O3S/c1-2-16-8-5-14(13-23-16)12-18-21(31)29(22(32)33-18)11-3-4-19(30)24-17-9-6-15(7-10-17)20-25-27-28-26-20/h5-10,13,18H,2-4,11-12H2,1H3,(H,24,30)(H,25,26,27,28). The first-order valence-electron chi connectivity index (χ1n) is 10.6. The molecule has 1 atom stereocenters. The maximum atomic E-state index is 12.7. The molecule has 0 bridgehead atoms. The van der Waals surface area contributed by atoms with Gasteiger partial charge < -0.3 is 5.32 Å². The molecule has 0 saturated carbocycles. The SMILES string of the molecule is CCc1ccc(CC2SC(=O)N(CCCC(=O)Nc3ccc(-c4nn[nH]n4)cc3)C2=O)cn1. The summed E-state index contributed by atoms with van der Waals surface area (Å²) in [6, 6.07) is 11.0. The molecule has 33 heavy (non-hydrogen) atoms. The Kier molecular flexibility index (Phi) is 7.08. The van der Waals surface area contributed by atoms with E-state index in [1.165, 1.54) is 4.90 Å². The van der Waals surface area contributed by atoms with Crippen LogP contribution in [0.4, 0.5) is 10.5 Å². The Balaban J connectivity index is 1.23. The van der Waals surface area contributed by atoms with E-state index in [1.807, 2.05) is 19.1 Å². The van der Waals surface area contributed by atoms with Crippen LogP contribution in [0.5, 0.6) is 0 Å². The summed E-state index contributed by atoms with van der Waals surface area (Å²) in [4.78, 5) is 42.9. The lowest BCUT2D eigenvalue weighted by Crippen LogP contribution is -2.33. The van der Waals surface area contributed by atoms with Crippen molar-refractivity contribution >= 4 is 34.5 Å². The van der Waals surface area contributed by atoms with Gasteiger partial charge in [-0.25, -0.2) is 0 Å². The van der Waals surface area contributed by atoms with Crippen molar-refractivity contribution in [3.8, 4) is 11.4 Å². The average molecular weight is 466 g/mol. The van der Waals surface area contributed by atoms with E-state index in [9.17, 15) is 14.4 Å². The number of rotatable bonds is 9. The number of pyridine rings is 1. The lowest BCUT2D eigenvalue weighted by Gasteiger charge is -2.14. The number of aryl methyl sites for hydroxylation is 1. The molecule has 2 aromatic heterocycles. The Labute approximate surface area is 194 Å². The van der Waals surface area contributed by atoms with Crippen molar-refractivity contribution in [2.24, 2.45) is 0 Å². The summed E-state index contributed by atoms with van der Waals surface area (Å²) >= 11 is 1.04. The Hall–Kier alpha value is -3.60. The summed E-state index contributed by atoms with van der Waals surface area (Å²) < 4.78 is 0. The smallest absolute Gasteiger partial charge is 0.289 e. The number of tetrazole rings is 1. The molecule has 10 nitrogen and oxygen atoms in total. The minimum atomic E-state index is -0.446. The minimum Gasteiger partial charge on any atom is -0.326 e. The molecule has 11 heteroatoms. The fraction of sp³-hybridized carbons (Fsp3) is 0.318. The number of amides is 3. The number of anilines is 1. The van der Waals surface area contributed by atoms with Crippen molar-refractivity contribution in [1.29, 1.82) is 0 Å². The summed E-state index contributed by atoms with van der Waals surface area (Å²) in [6.07, 6.45) is 3.66. The topological polar surface area (TPSA) is 134 Å². The van der Waals surface area contributed by atoms with Gasteiger partial charge >= 0.3 is 0 Å². The second kappa shape index (κ2) is 10.3. The number of thioether (sulfide) groups is 1. The zero-order chi connectivity index (χ0) is 23.2. The Morgan fingerprint density at radius 2 is 2.00 bits per heavy atom. The van der Waals surface area contributed by atoms with E-state index in [-0.39, 0.29) is 30.0 Å². The molecular weight excluding hydrogens is 442 g/mol. The van der Waals surface area contributed by atoms with Gasteiger partial charge in [0.15, 0.2) is 0 Å². The molecule has 1 fully saturated rings. The number of aromatic amines is 1. The molecule has 3 heterocycles. The second-order valence-corrected chi connectivity index (χ2v) is 8.70. The zero-order valence-electron chi connectivity index (χ0n) is 18.0. The number of aromatic nitrogens is 5. The van der Waals surface area contributed by atoms with E-state index in [1.54, 1.807) is 30.5 Å². The summed E-state index contributed by atoms with van der Waals surface area (Å²) in [5.41, 5.74) is 3.33. The molecule has 1 aromatic carbocycles.